The number of nitrogens with one attached hydrogen (secondary N) is 1. The molecular formula is C15H18N4. The smallest absolute Gasteiger partial charge is 0.169 e. The normalized spacial score (nSPS) is 16.1. The van der Waals surface area contributed by atoms with Gasteiger partial charge in [-0.1, -0.05) is 59.3 Å². The molecule has 19 heavy (non-hydrogen) atoms. The first-order chi connectivity index (χ1) is 9.07. The summed E-state index contributed by atoms with van der Waals surface area (Å²) in [7, 11) is 0. The predicted molar refractivity (Wildman–Crippen MR) is 77.4 cm³/mol. The van der Waals surface area contributed by atoms with Crippen molar-refractivity contribution >= 4 is 5.84 Å². The number of nitrogens with zero attached hydrogens (tertiary/aromatic N) is 3. The Morgan fingerprint density at radius 2 is 1.53 bits per heavy atom. The van der Waals surface area contributed by atoms with Crippen LogP contribution in [0.4, 0.5) is 0 Å². The van der Waals surface area contributed by atoms with E-state index in [1.165, 1.54) is 5.56 Å². The molecule has 4 nitrogen and oxygen atoms in total. The van der Waals surface area contributed by atoms with Gasteiger partial charge in [-0.05, 0) is 20.8 Å². The van der Waals surface area contributed by atoms with E-state index in [0.717, 1.165) is 11.4 Å². The van der Waals surface area contributed by atoms with E-state index >= 15 is 0 Å². The van der Waals surface area contributed by atoms with Crippen LogP contribution in [0.2, 0.25) is 0 Å². The van der Waals surface area contributed by atoms with E-state index in [-0.39, 0.29) is 0 Å². The molecule has 0 saturated carbocycles. The maximum absolute atomic E-state index is 4.53. The highest BCUT2D eigenvalue weighted by Crippen LogP contribution is 2.16. The van der Waals surface area contributed by atoms with Crippen molar-refractivity contribution in [1.29, 1.82) is 0 Å². The van der Waals surface area contributed by atoms with Gasteiger partial charge in [0.05, 0.1) is 0 Å². The highest BCUT2D eigenvalue weighted by atomic mass is 15.5. The van der Waals surface area contributed by atoms with E-state index in [0.29, 0.717) is 0 Å². The van der Waals surface area contributed by atoms with E-state index in [2.05, 4.69) is 39.8 Å². The molecule has 0 aromatic heterocycles. The van der Waals surface area contributed by atoms with Crippen LogP contribution >= 0.6 is 0 Å². The lowest BCUT2D eigenvalue weighted by atomic mass is 10.2. The van der Waals surface area contributed by atoms with Crippen LogP contribution in [0.1, 0.15) is 25.0 Å². The minimum absolute atomic E-state index is 0.513. The molecule has 0 saturated heterocycles. The van der Waals surface area contributed by atoms with Crippen LogP contribution in [0.15, 0.2) is 63.9 Å². The first-order valence-corrected chi connectivity index (χ1v) is 6.25. The number of rotatable bonds is 1. The van der Waals surface area contributed by atoms with Gasteiger partial charge in [0, 0.05) is 5.56 Å². The summed E-state index contributed by atoms with van der Waals surface area (Å²) in [6.45, 7) is 5.91. The molecule has 1 aromatic carbocycles. The highest BCUT2D eigenvalue weighted by molar-refractivity contribution is 5.98. The molecule has 0 aliphatic carbocycles. The molecular weight excluding hydrogens is 236 g/mol. The number of amidine groups is 1. The summed E-state index contributed by atoms with van der Waals surface area (Å²) in [6, 6.07) is 16.1. The summed E-state index contributed by atoms with van der Waals surface area (Å²) in [6.07, 6.45) is 0. The third-order valence-electron chi connectivity index (χ3n) is 2.60. The maximum atomic E-state index is 4.53. The molecule has 0 radical (unpaired) electrons. The molecule has 1 N–H and O–H groups in total. The SMILES string of the molecule is Cc1ccccc(C2=NC(C)(C)N=NN2)cccc1. The van der Waals surface area contributed by atoms with E-state index in [1.54, 1.807) is 0 Å². The van der Waals surface area contributed by atoms with Gasteiger partial charge in [-0.15, -0.1) is 5.11 Å². The first-order valence-electron chi connectivity index (χ1n) is 6.25. The van der Waals surface area contributed by atoms with Crippen LogP contribution in [-0.2, 0) is 0 Å². The van der Waals surface area contributed by atoms with Gasteiger partial charge < -0.3 is 0 Å². The quantitative estimate of drug-likeness (QED) is 0.818. The average molecular weight is 254 g/mol. The van der Waals surface area contributed by atoms with E-state index in [4.69, 9.17) is 0 Å². The van der Waals surface area contributed by atoms with Crippen LogP contribution in [-0.4, -0.2) is 11.5 Å². The minimum atomic E-state index is -0.513. The Hall–Kier alpha value is -2.23. The predicted octanol–water partition coefficient (Wildman–Crippen LogP) is 3.57. The summed E-state index contributed by atoms with van der Waals surface area (Å²) in [5, 5.41) is 7.94. The zero-order valence-corrected chi connectivity index (χ0v) is 11.5. The van der Waals surface area contributed by atoms with Crippen LogP contribution < -0.4 is 5.43 Å². The summed E-state index contributed by atoms with van der Waals surface area (Å²) in [4.78, 5) is 4.53. The highest BCUT2D eigenvalue weighted by Gasteiger charge is 2.20. The monoisotopic (exact) mass is 254 g/mol. The van der Waals surface area contributed by atoms with Gasteiger partial charge in [-0.3, -0.25) is 0 Å². The Kier molecular flexibility index (Phi) is 3.90. The molecule has 2 rings (SSSR count). The number of aryl methyl sites for hydroxylation is 1. The van der Waals surface area contributed by atoms with Gasteiger partial charge >= 0.3 is 0 Å². The molecule has 98 valence electrons. The Bertz CT molecular complexity index is 544. The van der Waals surface area contributed by atoms with Gasteiger partial charge in [0.1, 0.15) is 0 Å². The van der Waals surface area contributed by atoms with E-state index in [9.17, 15) is 0 Å². The second kappa shape index (κ2) is 5.61. The largest absolute Gasteiger partial charge is 0.242 e. The topological polar surface area (TPSA) is 49.1 Å². The van der Waals surface area contributed by atoms with Crippen LogP contribution in [0.5, 0.6) is 0 Å². The fourth-order valence-electron chi connectivity index (χ4n) is 1.65. The van der Waals surface area contributed by atoms with Gasteiger partial charge in [-0.25, -0.2) is 10.4 Å². The average Bonchev–Trinajstić information content (AvgIpc) is 2.36. The Morgan fingerprint density at radius 3 is 2.11 bits per heavy atom. The molecule has 0 spiro atoms. The van der Waals surface area contributed by atoms with Crippen LogP contribution in [0.3, 0.4) is 0 Å². The van der Waals surface area contributed by atoms with E-state index in [1.807, 2.05) is 50.2 Å². The molecule has 0 bridgehead atoms. The van der Waals surface area contributed by atoms with Crippen molar-refractivity contribution in [3.63, 3.8) is 0 Å². The second-order valence-electron chi connectivity index (χ2n) is 4.90. The van der Waals surface area contributed by atoms with Crippen molar-refractivity contribution < 1.29 is 0 Å². The lowest BCUT2D eigenvalue weighted by Crippen LogP contribution is -2.29. The molecule has 1 aliphatic rings. The fraction of sp³-hybridized carbons (Fsp3) is 0.267. The maximum Gasteiger partial charge on any atom is 0.169 e. The van der Waals surface area contributed by atoms with Crippen molar-refractivity contribution in [3.8, 4) is 0 Å². The van der Waals surface area contributed by atoms with Crippen LogP contribution in [0.25, 0.3) is 0 Å². The molecule has 4 heteroatoms. The van der Waals surface area contributed by atoms with Gasteiger partial charge in [0.2, 0.25) is 0 Å². The van der Waals surface area contributed by atoms with Gasteiger partial charge in [-0.2, -0.15) is 0 Å². The van der Waals surface area contributed by atoms with Crippen molar-refractivity contribution in [2.75, 3.05) is 0 Å². The fourth-order valence-corrected chi connectivity index (χ4v) is 1.65. The Balaban J connectivity index is 2.43. The third-order valence-corrected chi connectivity index (χ3v) is 2.60. The minimum Gasteiger partial charge on any atom is -0.242 e. The second-order valence-corrected chi connectivity index (χ2v) is 4.90. The van der Waals surface area contributed by atoms with Crippen molar-refractivity contribution in [2.24, 2.45) is 15.3 Å². The first kappa shape index (κ1) is 13.2. The standard InChI is InChI=1S/C15H18N4/c1-12-8-4-6-10-13(11-7-5-9-12)14-16-15(2,3)18-19-17-14/h4-11H,1-3H3,(H,16,17,18). The zero-order chi connectivity index (χ0) is 13.7. The molecule has 0 fully saturated rings. The number of hydrogen-bond acceptors (Lipinski definition) is 4. The lowest BCUT2D eigenvalue weighted by Gasteiger charge is -2.19. The van der Waals surface area contributed by atoms with Gasteiger partial charge in [0.25, 0.3) is 0 Å². The zero-order valence-electron chi connectivity index (χ0n) is 11.5. The summed E-state index contributed by atoms with van der Waals surface area (Å²) < 4.78 is 0. The van der Waals surface area contributed by atoms with Crippen molar-refractivity contribution in [1.82, 2.24) is 5.43 Å². The lowest BCUT2D eigenvalue weighted by molar-refractivity contribution is 0.486. The molecule has 0 amide bonds. The molecule has 1 aliphatic heterocycles. The van der Waals surface area contributed by atoms with Crippen LogP contribution in [0, 0.1) is 6.92 Å². The third kappa shape index (κ3) is 3.88. The van der Waals surface area contributed by atoms with Gasteiger partial charge in [0.15, 0.2) is 11.5 Å². The number of hydrogen-bond donors (Lipinski definition) is 1. The summed E-state index contributed by atoms with van der Waals surface area (Å²) >= 11 is 0. The molecule has 0 unspecified atom stereocenters. The molecule has 1 aromatic rings. The Labute approximate surface area is 113 Å². The molecule has 1 heterocycles. The van der Waals surface area contributed by atoms with E-state index < -0.39 is 5.66 Å². The number of aliphatic imine (C=N–C) groups is 1. The molecule has 0 atom stereocenters. The van der Waals surface area contributed by atoms with Crippen molar-refractivity contribution in [3.05, 3.63) is 59.7 Å². The summed E-state index contributed by atoms with van der Waals surface area (Å²) in [5.74, 6) is 0.732. The van der Waals surface area contributed by atoms with Crippen molar-refractivity contribution in [2.45, 2.75) is 26.4 Å². The summed E-state index contributed by atoms with van der Waals surface area (Å²) in [5.41, 5.74) is 4.52. The Morgan fingerprint density at radius 1 is 0.947 bits per heavy atom.